The van der Waals surface area contributed by atoms with Crippen LogP contribution in [0.15, 0.2) is 58.3 Å². The molecule has 1 aromatic heterocycles. The lowest BCUT2D eigenvalue weighted by molar-refractivity contribution is -0.121. The van der Waals surface area contributed by atoms with Crippen LogP contribution in [0.5, 0.6) is 0 Å². The zero-order valence-corrected chi connectivity index (χ0v) is 17.7. The Labute approximate surface area is 179 Å². The van der Waals surface area contributed by atoms with Crippen LogP contribution in [0.4, 0.5) is 17.1 Å². The summed E-state index contributed by atoms with van der Waals surface area (Å²) < 4.78 is 0. The molecule has 1 heterocycles. The summed E-state index contributed by atoms with van der Waals surface area (Å²) in [5.74, 6) is -0.197. The Kier molecular flexibility index (Phi) is 6.22. The van der Waals surface area contributed by atoms with Crippen molar-refractivity contribution in [2.24, 2.45) is 5.41 Å². The topological polar surface area (TPSA) is 100 Å². The fraction of sp³-hybridized carbons (Fsp3) is 0.273. The third kappa shape index (κ3) is 4.86. The monoisotopic (exact) mass is 426 g/mol. The van der Waals surface area contributed by atoms with Crippen LogP contribution in [0.3, 0.4) is 0 Å². The van der Waals surface area contributed by atoms with Crippen LogP contribution >= 0.6 is 11.6 Å². The molecule has 7 nitrogen and oxygen atoms in total. The van der Waals surface area contributed by atoms with E-state index in [1.807, 2.05) is 51.1 Å². The highest BCUT2D eigenvalue weighted by Gasteiger charge is 2.31. The minimum absolute atomic E-state index is 0.0986. The Bertz CT molecular complexity index is 1120. The summed E-state index contributed by atoms with van der Waals surface area (Å²) in [7, 11) is 0. The smallest absolute Gasteiger partial charge is 0.253 e. The fourth-order valence-corrected chi connectivity index (χ4v) is 3.04. The molecule has 0 radical (unpaired) electrons. The highest BCUT2D eigenvalue weighted by molar-refractivity contribution is 6.32. The van der Waals surface area contributed by atoms with Gasteiger partial charge in [0.1, 0.15) is 17.5 Å². The van der Waals surface area contributed by atoms with Crippen molar-refractivity contribution in [2.45, 2.75) is 33.4 Å². The molecule has 30 heavy (non-hydrogen) atoms. The van der Waals surface area contributed by atoms with E-state index in [-0.39, 0.29) is 28.9 Å². The summed E-state index contributed by atoms with van der Waals surface area (Å²) >= 11 is 6.04. The number of carbonyl (C=O) groups is 1. The lowest BCUT2D eigenvalue weighted by atomic mass is 9.91. The van der Waals surface area contributed by atoms with E-state index in [9.17, 15) is 14.4 Å². The second kappa shape index (κ2) is 8.67. The number of nitrogens with zero attached hydrogens (tertiary/aromatic N) is 1. The van der Waals surface area contributed by atoms with Crippen molar-refractivity contribution in [3.8, 4) is 0 Å². The normalized spacial score (nSPS) is 12.4. The molecule has 0 spiro atoms. The Morgan fingerprint density at radius 3 is 2.33 bits per heavy atom. The SMILES string of the molecule is CC(C)(C)C(NC(=O)Cc1ccccc1)Nc1c(Nc2cccnc2Cl)c(=O)c1=O. The first kappa shape index (κ1) is 21.5. The molecule has 0 aliphatic rings. The molecule has 0 aliphatic heterocycles. The lowest BCUT2D eigenvalue weighted by Crippen LogP contribution is -2.52. The van der Waals surface area contributed by atoms with Crippen molar-refractivity contribution >= 4 is 34.6 Å². The van der Waals surface area contributed by atoms with E-state index in [4.69, 9.17) is 11.6 Å². The van der Waals surface area contributed by atoms with E-state index in [0.29, 0.717) is 5.69 Å². The molecule has 1 unspecified atom stereocenters. The quantitative estimate of drug-likeness (QED) is 0.305. The predicted molar refractivity (Wildman–Crippen MR) is 119 cm³/mol. The van der Waals surface area contributed by atoms with Crippen molar-refractivity contribution in [3.05, 3.63) is 79.8 Å². The molecule has 3 aromatic rings. The molecule has 2 aromatic carbocycles. The number of halogens is 1. The van der Waals surface area contributed by atoms with Crippen LogP contribution in [0, 0.1) is 5.41 Å². The molecule has 8 heteroatoms. The maximum Gasteiger partial charge on any atom is 0.253 e. The first-order chi connectivity index (χ1) is 14.2. The van der Waals surface area contributed by atoms with E-state index in [1.54, 1.807) is 12.1 Å². The second-order valence-corrected chi connectivity index (χ2v) is 8.41. The minimum atomic E-state index is -0.652. The van der Waals surface area contributed by atoms with Crippen LogP contribution < -0.4 is 26.8 Å². The summed E-state index contributed by atoms with van der Waals surface area (Å²) in [5, 5.41) is 9.00. The highest BCUT2D eigenvalue weighted by Crippen LogP contribution is 2.28. The summed E-state index contributed by atoms with van der Waals surface area (Å²) in [6, 6.07) is 12.7. The van der Waals surface area contributed by atoms with Crippen LogP contribution in [0.25, 0.3) is 0 Å². The van der Waals surface area contributed by atoms with Crippen molar-refractivity contribution in [1.82, 2.24) is 10.3 Å². The van der Waals surface area contributed by atoms with E-state index < -0.39 is 22.4 Å². The second-order valence-electron chi connectivity index (χ2n) is 8.05. The molecular weight excluding hydrogens is 404 g/mol. The first-order valence-electron chi connectivity index (χ1n) is 9.47. The molecule has 3 rings (SSSR count). The van der Waals surface area contributed by atoms with Gasteiger partial charge in [0.15, 0.2) is 5.15 Å². The van der Waals surface area contributed by atoms with Crippen molar-refractivity contribution in [3.63, 3.8) is 0 Å². The number of pyridine rings is 1. The molecule has 3 N–H and O–H groups in total. The number of hydrogen-bond acceptors (Lipinski definition) is 6. The third-order valence-corrected chi connectivity index (χ3v) is 4.90. The van der Waals surface area contributed by atoms with Crippen molar-refractivity contribution < 1.29 is 4.79 Å². The van der Waals surface area contributed by atoms with Gasteiger partial charge in [0.25, 0.3) is 10.9 Å². The lowest BCUT2D eigenvalue weighted by Gasteiger charge is -2.33. The number of aromatic nitrogens is 1. The zero-order chi connectivity index (χ0) is 21.9. The standard InChI is InChI=1S/C22H23ClN4O3/c1-22(2,3)21(26-15(28)12-13-8-5-4-6-9-13)27-17-16(18(29)19(17)30)25-14-10-7-11-24-20(14)23/h4-11,21,25,27H,12H2,1-3H3,(H,26,28). The van der Waals surface area contributed by atoms with Gasteiger partial charge in [0.2, 0.25) is 5.91 Å². The van der Waals surface area contributed by atoms with Crippen molar-refractivity contribution in [1.29, 1.82) is 0 Å². The van der Waals surface area contributed by atoms with Crippen LogP contribution in [-0.4, -0.2) is 17.1 Å². The number of amides is 1. The van der Waals surface area contributed by atoms with Gasteiger partial charge in [0, 0.05) is 11.6 Å². The zero-order valence-electron chi connectivity index (χ0n) is 17.0. The molecule has 0 saturated carbocycles. The van der Waals surface area contributed by atoms with Crippen LogP contribution in [0.1, 0.15) is 26.3 Å². The number of benzene rings is 1. The number of hydrogen-bond donors (Lipinski definition) is 3. The average Bonchev–Trinajstić information content (AvgIpc) is 2.70. The van der Waals surface area contributed by atoms with Gasteiger partial charge in [0.05, 0.1) is 12.1 Å². The highest BCUT2D eigenvalue weighted by atomic mass is 35.5. The Morgan fingerprint density at radius 1 is 1.03 bits per heavy atom. The van der Waals surface area contributed by atoms with Gasteiger partial charge < -0.3 is 16.0 Å². The molecule has 1 atom stereocenters. The van der Waals surface area contributed by atoms with E-state index in [1.165, 1.54) is 6.20 Å². The van der Waals surface area contributed by atoms with Gasteiger partial charge in [-0.2, -0.15) is 0 Å². The Balaban J connectivity index is 1.78. The predicted octanol–water partition coefficient (Wildman–Crippen LogP) is 3.22. The Morgan fingerprint density at radius 2 is 1.70 bits per heavy atom. The summed E-state index contributed by atoms with van der Waals surface area (Å²) in [4.78, 5) is 40.8. The maximum absolute atomic E-state index is 12.6. The molecule has 0 fully saturated rings. The number of carbonyl (C=O) groups excluding carboxylic acids is 1. The van der Waals surface area contributed by atoms with Gasteiger partial charge >= 0.3 is 0 Å². The fourth-order valence-electron chi connectivity index (χ4n) is 2.87. The minimum Gasteiger partial charge on any atom is -0.360 e. The van der Waals surface area contributed by atoms with E-state index in [0.717, 1.165) is 5.56 Å². The van der Waals surface area contributed by atoms with Crippen LogP contribution in [-0.2, 0) is 11.2 Å². The molecule has 0 bridgehead atoms. The van der Waals surface area contributed by atoms with Gasteiger partial charge in [-0.05, 0) is 17.7 Å². The number of anilines is 3. The largest absolute Gasteiger partial charge is 0.360 e. The molecule has 1 amide bonds. The Hall–Kier alpha value is -3.19. The van der Waals surface area contributed by atoms with Gasteiger partial charge in [-0.3, -0.25) is 14.4 Å². The summed E-state index contributed by atoms with van der Waals surface area (Å²) in [5.41, 5.74) is -0.235. The number of nitrogens with one attached hydrogen (secondary N) is 3. The van der Waals surface area contributed by atoms with Crippen LogP contribution in [0.2, 0.25) is 5.15 Å². The van der Waals surface area contributed by atoms with E-state index in [2.05, 4.69) is 20.9 Å². The summed E-state index contributed by atoms with van der Waals surface area (Å²) in [6.45, 7) is 5.76. The molecule has 0 saturated heterocycles. The van der Waals surface area contributed by atoms with Gasteiger partial charge in [-0.25, -0.2) is 4.98 Å². The van der Waals surface area contributed by atoms with Gasteiger partial charge in [-0.15, -0.1) is 0 Å². The molecule has 0 aliphatic carbocycles. The van der Waals surface area contributed by atoms with E-state index >= 15 is 0 Å². The summed E-state index contributed by atoms with van der Waals surface area (Å²) in [6.07, 6.45) is 1.14. The average molecular weight is 427 g/mol. The molecule has 156 valence electrons. The van der Waals surface area contributed by atoms with Gasteiger partial charge in [-0.1, -0.05) is 62.7 Å². The molecular formula is C22H23ClN4O3. The van der Waals surface area contributed by atoms with Crippen molar-refractivity contribution in [2.75, 3.05) is 10.6 Å². The maximum atomic E-state index is 12.6. The third-order valence-electron chi connectivity index (χ3n) is 4.60. The number of rotatable bonds is 7. The first-order valence-corrected chi connectivity index (χ1v) is 9.85.